The summed E-state index contributed by atoms with van der Waals surface area (Å²) in [6.07, 6.45) is 10.6. The third kappa shape index (κ3) is 4.41. The van der Waals surface area contributed by atoms with Crippen molar-refractivity contribution >= 4 is 5.82 Å². The van der Waals surface area contributed by atoms with Gasteiger partial charge in [0.2, 0.25) is 0 Å². The largest absolute Gasteiger partial charge is 0.356 e. The van der Waals surface area contributed by atoms with Crippen molar-refractivity contribution in [2.75, 3.05) is 38.6 Å². The van der Waals surface area contributed by atoms with E-state index in [0.29, 0.717) is 5.92 Å². The van der Waals surface area contributed by atoms with Crippen molar-refractivity contribution in [1.29, 1.82) is 0 Å². The van der Waals surface area contributed by atoms with Crippen LogP contribution in [0.2, 0.25) is 0 Å². The molecule has 1 fully saturated rings. The minimum Gasteiger partial charge on any atom is -0.356 e. The molecule has 142 valence electrons. The van der Waals surface area contributed by atoms with Gasteiger partial charge in [0.1, 0.15) is 17.5 Å². The van der Waals surface area contributed by atoms with Gasteiger partial charge < -0.3 is 14.4 Å². The topological polar surface area (TPSA) is 50.1 Å². The molecule has 1 aliphatic heterocycles. The zero-order chi connectivity index (χ0) is 18.5. The Kier molecular flexibility index (Phi) is 6.25. The highest BCUT2D eigenvalue weighted by Crippen LogP contribution is 2.30. The molecule has 0 bridgehead atoms. The summed E-state index contributed by atoms with van der Waals surface area (Å²) in [5.41, 5.74) is 1.27. The van der Waals surface area contributed by atoms with Gasteiger partial charge in [0.15, 0.2) is 0 Å². The van der Waals surface area contributed by atoms with Crippen LogP contribution in [-0.2, 0) is 13.0 Å². The van der Waals surface area contributed by atoms with E-state index in [2.05, 4.69) is 46.6 Å². The maximum Gasteiger partial charge on any atom is 0.135 e. The molecular weight excluding hydrogens is 324 g/mol. The minimum atomic E-state index is 0.464. The van der Waals surface area contributed by atoms with Gasteiger partial charge in [-0.2, -0.15) is 0 Å². The Balaban J connectivity index is 1.78. The predicted octanol–water partition coefficient (Wildman–Crippen LogP) is 2.88. The maximum absolute atomic E-state index is 4.79. The highest BCUT2D eigenvalue weighted by Gasteiger charge is 2.26. The Morgan fingerprint density at radius 2 is 2.12 bits per heavy atom. The molecule has 26 heavy (non-hydrogen) atoms. The Morgan fingerprint density at radius 3 is 2.88 bits per heavy atom. The number of likely N-dealkylation sites (N-methyl/N-ethyl adjacent to an activating group) is 1. The molecule has 1 atom stereocenters. The van der Waals surface area contributed by atoms with Crippen LogP contribution in [0.25, 0.3) is 0 Å². The molecule has 1 aliphatic rings. The first-order chi connectivity index (χ1) is 12.6. The highest BCUT2D eigenvalue weighted by molar-refractivity contribution is 5.47. The molecule has 3 rings (SSSR count). The van der Waals surface area contributed by atoms with Crippen LogP contribution < -0.4 is 4.90 Å². The molecule has 0 spiro atoms. The van der Waals surface area contributed by atoms with E-state index in [9.17, 15) is 0 Å². The van der Waals surface area contributed by atoms with Crippen LogP contribution in [0.1, 0.15) is 49.3 Å². The fraction of sp³-hybridized carbons (Fsp3) is 0.650. The Hall–Kier alpha value is -1.95. The second-order valence-corrected chi connectivity index (χ2v) is 7.58. The number of aromatic nitrogens is 4. The lowest BCUT2D eigenvalue weighted by molar-refractivity contribution is 0.373. The molecule has 0 amide bonds. The van der Waals surface area contributed by atoms with E-state index in [0.717, 1.165) is 50.7 Å². The van der Waals surface area contributed by atoms with Crippen molar-refractivity contribution in [3.63, 3.8) is 0 Å². The number of imidazole rings is 1. The lowest BCUT2D eigenvalue weighted by Gasteiger charge is -2.34. The normalized spacial score (nSPS) is 17.9. The summed E-state index contributed by atoms with van der Waals surface area (Å²) in [5, 5.41) is 0. The van der Waals surface area contributed by atoms with E-state index in [-0.39, 0.29) is 0 Å². The first-order valence-electron chi connectivity index (χ1n) is 9.81. The van der Waals surface area contributed by atoms with E-state index >= 15 is 0 Å². The zero-order valence-corrected chi connectivity index (χ0v) is 16.6. The van der Waals surface area contributed by atoms with E-state index in [4.69, 9.17) is 9.97 Å². The molecule has 3 heterocycles. The average molecular weight is 357 g/mol. The molecule has 0 aliphatic carbocycles. The third-order valence-electron chi connectivity index (χ3n) is 5.10. The molecule has 0 unspecified atom stereocenters. The number of hydrogen-bond acceptors (Lipinski definition) is 5. The number of nitrogens with zero attached hydrogens (tertiary/aromatic N) is 6. The fourth-order valence-electron chi connectivity index (χ4n) is 3.76. The molecule has 0 saturated carbocycles. The average Bonchev–Trinajstić information content (AvgIpc) is 3.10. The van der Waals surface area contributed by atoms with Crippen LogP contribution in [-0.4, -0.2) is 58.1 Å². The lowest BCUT2D eigenvalue weighted by atomic mass is 9.96. The first kappa shape index (κ1) is 18.8. The van der Waals surface area contributed by atoms with Gasteiger partial charge in [-0.1, -0.05) is 13.3 Å². The van der Waals surface area contributed by atoms with Crippen molar-refractivity contribution in [2.24, 2.45) is 0 Å². The summed E-state index contributed by atoms with van der Waals surface area (Å²) >= 11 is 0. The van der Waals surface area contributed by atoms with Gasteiger partial charge in [0.05, 0.1) is 0 Å². The van der Waals surface area contributed by atoms with Gasteiger partial charge in [-0.05, 0) is 40.3 Å². The molecule has 0 N–H and O–H groups in total. The second kappa shape index (κ2) is 8.62. The Morgan fingerprint density at radius 1 is 1.27 bits per heavy atom. The Labute approximate surface area is 157 Å². The van der Waals surface area contributed by atoms with Crippen molar-refractivity contribution in [2.45, 2.75) is 52.0 Å². The number of piperidine rings is 1. The quantitative estimate of drug-likeness (QED) is 0.763. The third-order valence-corrected chi connectivity index (χ3v) is 5.10. The number of hydrogen-bond donors (Lipinski definition) is 0. The van der Waals surface area contributed by atoms with Crippen LogP contribution in [0, 0.1) is 6.92 Å². The molecule has 2 aromatic heterocycles. The van der Waals surface area contributed by atoms with E-state index in [1.54, 1.807) is 0 Å². The molecule has 0 radical (unpaired) electrons. The molecule has 6 heteroatoms. The van der Waals surface area contributed by atoms with Crippen molar-refractivity contribution < 1.29 is 0 Å². The van der Waals surface area contributed by atoms with Gasteiger partial charge in [-0.3, -0.25) is 0 Å². The summed E-state index contributed by atoms with van der Waals surface area (Å²) < 4.78 is 2.33. The van der Waals surface area contributed by atoms with Crippen molar-refractivity contribution in [1.82, 2.24) is 24.4 Å². The lowest BCUT2D eigenvalue weighted by Crippen LogP contribution is -2.37. The molecule has 2 aromatic rings. The summed E-state index contributed by atoms with van der Waals surface area (Å²) in [6.45, 7) is 8.28. The molecule has 0 aromatic carbocycles. The van der Waals surface area contributed by atoms with Crippen LogP contribution in [0.5, 0.6) is 0 Å². The number of aryl methyl sites for hydroxylation is 2. The monoisotopic (exact) mass is 356 g/mol. The maximum atomic E-state index is 4.79. The van der Waals surface area contributed by atoms with Crippen LogP contribution >= 0.6 is 0 Å². The molecule has 6 nitrogen and oxygen atoms in total. The summed E-state index contributed by atoms with van der Waals surface area (Å²) in [7, 11) is 4.23. The van der Waals surface area contributed by atoms with Crippen LogP contribution in [0.15, 0.2) is 18.6 Å². The smallest absolute Gasteiger partial charge is 0.135 e. The summed E-state index contributed by atoms with van der Waals surface area (Å²) in [6, 6.07) is 0. The van der Waals surface area contributed by atoms with Crippen LogP contribution in [0.3, 0.4) is 0 Å². The van der Waals surface area contributed by atoms with E-state index in [1.165, 1.54) is 24.2 Å². The van der Waals surface area contributed by atoms with Gasteiger partial charge in [0, 0.05) is 56.3 Å². The van der Waals surface area contributed by atoms with Gasteiger partial charge >= 0.3 is 0 Å². The van der Waals surface area contributed by atoms with Crippen LogP contribution in [0.4, 0.5) is 5.82 Å². The van der Waals surface area contributed by atoms with Crippen molar-refractivity contribution in [3.8, 4) is 0 Å². The first-order valence-corrected chi connectivity index (χ1v) is 9.81. The number of anilines is 1. The SMILES string of the molecule is CCCc1cnc(C)nc1N1CCC[C@@H](c2nccn2CCN(C)C)C1. The molecular formula is C20H32N6. The Bertz CT molecular complexity index is 708. The van der Waals surface area contributed by atoms with E-state index in [1.807, 2.05) is 19.3 Å². The highest BCUT2D eigenvalue weighted by atomic mass is 15.2. The molecule has 1 saturated heterocycles. The zero-order valence-electron chi connectivity index (χ0n) is 16.6. The minimum absolute atomic E-state index is 0.464. The standard InChI is InChI=1S/C20H32N6/c1-5-7-17-14-22-16(2)23-20(17)26-10-6-8-18(15-26)19-21-9-11-25(19)13-12-24(3)4/h9,11,14,18H,5-8,10,12-13,15H2,1-4H3/t18-/m1/s1. The summed E-state index contributed by atoms with van der Waals surface area (Å²) in [5.74, 6) is 3.68. The second-order valence-electron chi connectivity index (χ2n) is 7.58. The van der Waals surface area contributed by atoms with Gasteiger partial charge in [0.25, 0.3) is 0 Å². The summed E-state index contributed by atoms with van der Waals surface area (Å²) in [4.78, 5) is 18.6. The van der Waals surface area contributed by atoms with E-state index < -0.39 is 0 Å². The van der Waals surface area contributed by atoms with Gasteiger partial charge in [-0.25, -0.2) is 15.0 Å². The van der Waals surface area contributed by atoms with Gasteiger partial charge in [-0.15, -0.1) is 0 Å². The predicted molar refractivity (Wildman–Crippen MR) is 106 cm³/mol. The number of rotatable bonds is 7. The fourth-order valence-corrected chi connectivity index (χ4v) is 3.76. The van der Waals surface area contributed by atoms with Crippen molar-refractivity contribution in [3.05, 3.63) is 35.8 Å².